The summed E-state index contributed by atoms with van der Waals surface area (Å²) in [6, 6.07) is 10.2. The first-order chi connectivity index (χ1) is 12.6. The largest absolute Gasteiger partial charge is 0.283 e. The third-order valence-corrected chi connectivity index (χ3v) is 7.06. The monoisotopic (exact) mass is 382 g/mol. The highest BCUT2D eigenvalue weighted by molar-refractivity contribution is 7.99. The smallest absolute Gasteiger partial charge is 0.263 e. The van der Waals surface area contributed by atoms with E-state index in [1.165, 1.54) is 23.3 Å². The minimum absolute atomic E-state index is 0.113. The lowest BCUT2D eigenvalue weighted by Crippen LogP contribution is -2.24. The van der Waals surface area contributed by atoms with Gasteiger partial charge in [0.25, 0.3) is 5.56 Å². The van der Waals surface area contributed by atoms with E-state index in [-0.39, 0.29) is 5.56 Å². The van der Waals surface area contributed by atoms with Crippen LogP contribution in [0.15, 0.2) is 52.4 Å². The van der Waals surface area contributed by atoms with E-state index in [1.807, 2.05) is 29.7 Å². The average molecular weight is 383 g/mol. The molecule has 0 unspecified atom stereocenters. The van der Waals surface area contributed by atoms with Crippen molar-refractivity contribution in [3.8, 4) is 0 Å². The van der Waals surface area contributed by atoms with Crippen molar-refractivity contribution < 1.29 is 0 Å². The predicted molar refractivity (Wildman–Crippen MR) is 112 cm³/mol. The molecule has 1 aliphatic carbocycles. The number of aryl methyl sites for hydroxylation is 2. The molecule has 0 saturated heterocycles. The summed E-state index contributed by atoms with van der Waals surface area (Å²) in [5.41, 5.74) is 3.58. The first kappa shape index (κ1) is 17.6. The maximum Gasteiger partial charge on any atom is 0.263 e. The Morgan fingerprint density at radius 2 is 2.04 bits per heavy atom. The molecular weight excluding hydrogens is 360 g/mol. The van der Waals surface area contributed by atoms with E-state index in [1.54, 1.807) is 23.1 Å². The van der Waals surface area contributed by atoms with Crippen LogP contribution in [0.1, 0.15) is 35.8 Å². The highest BCUT2D eigenvalue weighted by atomic mass is 32.2. The van der Waals surface area contributed by atoms with Crippen LogP contribution in [0.25, 0.3) is 10.2 Å². The van der Waals surface area contributed by atoms with Crippen molar-refractivity contribution in [2.45, 2.75) is 44.3 Å². The number of rotatable bonds is 5. The topological polar surface area (TPSA) is 34.9 Å². The standard InChI is InChI=1S/C21H22N2OS2/c1-14(2)13-25-21-22-19-18(16-10-6-7-11-17(16)26-19)20(24)23(21)12-15-8-4-3-5-9-15/h3-5,8-9H,1,6-7,10-13H2,2H3. The molecule has 5 heteroatoms. The molecule has 0 amide bonds. The van der Waals surface area contributed by atoms with Crippen LogP contribution in [0.3, 0.4) is 0 Å². The molecule has 0 radical (unpaired) electrons. The fraction of sp³-hybridized carbons (Fsp3) is 0.333. The number of thiophene rings is 1. The van der Waals surface area contributed by atoms with Gasteiger partial charge in [-0.3, -0.25) is 9.36 Å². The molecular formula is C21H22N2OS2. The lowest BCUT2D eigenvalue weighted by Gasteiger charge is -2.13. The number of thioether (sulfide) groups is 1. The van der Waals surface area contributed by atoms with Crippen molar-refractivity contribution in [2.24, 2.45) is 0 Å². The third-order valence-electron chi connectivity index (χ3n) is 4.67. The van der Waals surface area contributed by atoms with Crippen molar-refractivity contribution in [2.75, 3.05) is 5.75 Å². The van der Waals surface area contributed by atoms with Crippen LogP contribution >= 0.6 is 23.1 Å². The van der Waals surface area contributed by atoms with E-state index in [0.717, 1.165) is 45.1 Å². The Morgan fingerprint density at radius 1 is 1.27 bits per heavy atom. The normalized spacial score (nSPS) is 13.7. The van der Waals surface area contributed by atoms with Gasteiger partial charge in [0.1, 0.15) is 4.83 Å². The van der Waals surface area contributed by atoms with Crippen molar-refractivity contribution in [1.82, 2.24) is 9.55 Å². The van der Waals surface area contributed by atoms with Crippen LogP contribution in [0.2, 0.25) is 0 Å². The van der Waals surface area contributed by atoms with Crippen LogP contribution in [-0.4, -0.2) is 15.3 Å². The van der Waals surface area contributed by atoms with Gasteiger partial charge in [0.2, 0.25) is 0 Å². The van der Waals surface area contributed by atoms with Crippen molar-refractivity contribution in [3.05, 3.63) is 68.8 Å². The second-order valence-electron chi connectivity index (χ2n) is 6.91. The molecule has 0 atom stereocenters. The second kappa shape index (κ2) is 7.41. The molecule has 1 aromatic carbocycles. The minimum Gasteiger partial charge on any atom is -0.283 e. The van der Waals surface area contributed by atoms with Crippen LogP contribution < -0.4 is 5.56 Å². The van der Waals surface area contributed by atoms with E-state index >= 15 is 0 Å². The van der Waals surface area contributed by atoms with Crippen molar-refractivity contribution in [3.63, 3.8) is 0 Å². The van der Waals surface area contributed by atoms with Gasteiger partial charge in [0.15, 0.2) is 5.16 Å². The zero-order valence-corrected chi connectivity index (χ0v) is 16.6. The van der Waals surface area contributed by atoms with Gasteiger partial charge in [0, 0.05) is 10.6 Å². The summed E-state index contributed by atoms with van der Waals surface area (Å²) in [5.74, 6) is 0.776. The van der Waals surface area contributed by atoms with Gasteiger partial charge in [-0.2, -0.15) is 0 Å². The quantitative estimate of drug-likeness (QED) is 0.352. The molecule has 1 aliphatic rings. The summed E-state index contributed by atoms with van der Waals surface area (Å²) in [6.07, 6.45) is 4.48. The molecule has 0 bridgehead atoms. The average Bonchev–Trinajstić information content (AvgIpc) is 3.02. The van der Waals surface area contributed by atoms with Gasteiger partial charge in [-0.05, 0) is 43.7 Å². The van der Waals surface area contributed by atoms with Gasteiger partial charge in [-0.15, -0.1) is 11.3 Å². The van der Waals surface area contributed by atoms with E-state index in [0.29, 0.717) is 6.54 Å². The summed E-state index contributed by atoms with van der Waals surface area (Å²) < 4.78 is 1.85. The SMILES string of the molecule is C=C(C)CSc1nc2sc3c(c2c(=O)n1Cc1ccccc1)CCCC3. The summed E-state index contributed by atoms with van der Waals surface area (Å²) in [4.78, 5) is 20.6. The van der Waals surface area contributed by atoms with E-state index in [2.05, 4.69) is 18.7 Å². The van der Waals surface area contributed by atoms with E-state index < -0.39 is 0 Å². The third kappa shape index (κ3) is 3.38. The highest BCUT2D eigenvalue weighted by Gasteiger charge is 2.22. The molecule has 0 saturated carbocycles. The molecule has 2 heterocycles. The summed E-state index contributed by atoms with van der Waals surface area (Å²) in [5, 5.41) is 1.66. The van der Waals surface area contributed by atoms with Crippen LogP contribution in [0, 0.1) is 0 Å². The lowest BCUT2D eigenvalue weighted by molar-refractivity contribution is 0.656. The summed E-state index contributed by atoms with van der Waals surface area (Å²) in [6.45, 7) is 6.56. The van der Waals surface area contributed by atoms with Gasteiger partial charge >= 0.3 is 0 Å². The van der Waals surface area contributed by atoms with Crippen LogP contribution in [0.4, 0.5) is 0 Å². The Hall–Kier alpha value is -1.85. The summed E-state index contributed by atoms with van der Waals surface area (Å²) >= 11 is 3.33. The molecule has 2 aromatic heterocycles. The van der Waals surface area contributed by atoms with Gasteiger partial charge in [-0.25, -0.2) is 4.98 Å². The van der Waals surface area contributed by atoms with Gasteiger partial charge in [0.05, 0.1) is 11.9 Å². The summed E-state index contributed by atoms with van der Waals surface area (Å²) in [7, 11) is 0. The lowest BCUT2D eigenvalue weighted by atomic mass is 9.97. The van der Waals surface area contributed by atoms with Crippen LogP contribution in [0.5, 0.6) is 0 Å². The van der Waals surface area contributed by atoms with Gasteiger partial charge in [-0.1, -0.05) is 54.2 Å². The number of aromatic nitrogens is 2. The van der Waals surface area contributed by atoms with E-state index in [4.69, 9.17) is 4.98 Å². The molecule has 0 spiro atoms. The zero-order valence-electron chi connectivity index (χ0n) is 15.0. The Labute approximate surface area is 161 Å². The Morgan fingerprint density at radius 3 is 2.81 bits per heavy atom. The molecule has 0 aliphatic heterocycles. The predicted octanol–water partition coefficient (Wildman–Crippen LogP) is 5.05. The molecule has 0 fully saturated rings. The first-order valence-corrected chi connectivity index (χ1v) is 10.8. The molecule has 4 rings (SSSR count). The number of nitrogens with zero attached hydrogens (tertiary/aromatic N) is 2. The molecule has 134 valence electrons. The highest BCUT2D eigenvalue weighted by Crippen LogP contribution is 2.35. The Bertz CT molecular complexity index is 1020. The molecule has 0 N–H and O–H groups in total. The number of hydrogen-bond donors (Lipinski definition) is 0. The van der Waals surface area contributed by atoms with E-state index in [9.17, 15) is 4.79 Å². The van der Waals surface area contributed by atoms with Crippen LogP contribution in [-0.2, 0) is 19.4 Å². The zero-order chi connectivity index (χ0) is 18.1. The molecule has 3 nitrogen and oxygen atoms in total. The van der Waals surface area contributed by atoms with Crippen molar-refractivity contribution >= 4 is 33.3 Å². The Kier molecular flexibility index (Phi) is 5.00. The maximum absolute atomic E-state index is 13.4. The fourth-order valence-corrected chi connectivity index (χ4v) is 5.57. The van der Waals surface area contributed by atoms with Gasteiger partial charge < -0.3 is 0 Å². The number of fused-ring (bicyclic) bond motifs is 3. The Balaban J connectivity index is 1.87. The fourth-order valence-electron chi connectivity index (χ4n) is 3.42. The maximum atomic E-state index is 13.4. The number of benzene rings is 1. The first-order valence-electron chi connectivity index (χ1n) is 8.99. The van der Waals surface area contributed by atoms with Crippen molar-refractivity contribution in [1.29, 1.82) is 0 Å². The molecule has 26 heavy (non-hydrogen) atoms. The second-order valence-corrected chi connectivity index (χ2v) is 8.93. The number of hydrogen-bond acceptors (Lipinski definition) is 4. The minimum atomic E-state index is 0.113. The molecule has 3 aromatic rings.